The van der Waals surface area contributed by atoms with Gasteiger partial charge in [-0.3, -0.25) is 5.01 Å². The molecule has 3 aromatic rings. The molecule has 1 unspecified atom stereocenters. The van der Waals surface area contributed by atoms with Gasteiger partial charge in [0.05, 0.1) is 17.4 Å². The zero-order valence-corrected chi connectivity index (χ0v) is 19.7. The van der Waals surface area contributed by atoms with E-state index in [1.54, 1.807) is 0 Å². The van der Waals surface area contributed by atoms with E-state index < -0.39 is 0 Å². The normalized spacial score (nSPS) is 17.0. The lowest BCUT2D eigenvalue weighted by Crippen LogP contribution is -2.19. The first kappa shape index (κ1) is 21.4. The molecule has 0 saturated heterocycles. The molecule has 4 rings (SSSR count). The average Bonchev–Trinajstić information content (AvgIpc) is 3.19. The molecule has 3 aromatic carbocycles. The van der Waals surface area contributed by atoms with Crippen molar-refractivity contribution in [3.05, 3.63) is 101 Å². The van der Waals surface area contributed by atoms with E-state index in [0.717, 1.165) is 17.8 Å². The Morgan fingerprint density at radius 3 is 1.71 bits per heavy atom. The van der Waals surface area contributed by atoms with Crippen molar-refractivity contribution < 1.29 is 0 Å². The first-order valence-corrected chi connectivity index (χ1v) is 11.3. The molecule has 0 bridgehead atoms. The number of hydrogen-bond acceptors (Lipinski definition) is 2. The Hall–Kier alpha value is -2.87. The summed E-state index contributed by atoms with van der Waals surface area (Å²) >= 11 is 0. The zero-order chi connectivity index (χ0) is 22.2. The Bertz CT molecular complexity index is 1050. The molecule has 1 atom stereocenters. The second kappa shape index (κ2) is 8.00. The molecule has 0 saturated carbocycles. The minimum atomic E-state index is 0.156. The predicted molar refractivity (Wildman–Crippen MR) is 133 cm³/mol. The summed E-state index contributed by atoms with van der Waals surface area (Å²) in [6, 6.07) is 28.8. The van der Waals surface area contributed by atoms with Crippen LogP contribution in [0.2, 0.25) is 0 Å². The van der Waals surface area contributed by atoms with Crippen molar-refractivity contribution >= 4 is 11.4 Å². The van der Waals surface area contributed by atoms with Gasteiger partial charge in [0.2, 0.25) is 0 Å². The molecule has 160 valence electrons. The lowest BCUT2D eigenvalue weighted by Gasteiger charge is -2.25. The van der Waals surface area contributed by atoms with Crippen LogP contribution in [-0.4, -0.2) is 5.71 Å². The summed E-state index contributed by atoms with van der Waals surface area (Å²) in [5.41, 5.74) is 7.82. The minimum absolute atomic E-state index is 0.156. The van der Waals surface area contributed by atoms with Crippen LogP contribution >= 0.6 is 0 Å². The highest BCUT2D eigenvalue weighted by atomic mass is 15.5. The van der Waals surface area contributed by atoms with Crippen LogP contribution in [-0.2, 0) is 10.8 Å². The van der Waals surface area contributed by atoms with Gasteiger partial charge in [-0.25, -0.2) is 0 Å². The molecule has 0 aromatic heterocycles. The maximum absolute atomic E-state index is 5.10. The van der Waals surface area contributed by atoms with Gasteiger partial charge in [-0.2, -0.15) is 5.10 Å². The SMILES string of the molecule is CC(C)(C)c1ccc(C2=NN(c3ccccc3)C(c3ccc(C(C)(C)C)cc3)C2)cc1. The molecule has 1 aliphatic rings. The molecule has 0 fully saturated rings. The molecule has 0 aliphatic carbocycles. The fourth-order valence-corrected chi connectivity index (χ4v) is 4.13. The van der Waals surface area contributed by atoms with Gasteiger partial charge in [-0.15, -0.1) is 0 Å². The van der Waals surface area contributed by atoms with E-state index in [-0.39, 0.29) is 16.9 Å². The summed E-state index contributed by atoms with van der Waals surface area (Å²) in [5.74, 6) is 0. The third-order valence-corrected chi connectivity index (χ3v) is 6.18. The number of rotatable bonds is 3. The fourth-order valence-electron chi connectivity index (χ4n) is 4.13. The van der Waals surface area contributed by atoms with E-state index in [9.17, 15) is 0 Å². The highest BCUT2D eigenvalue weighted by molar-refractivity contribution is 6.03. The van der Waals surface area contributed by atoms with Crippen molar-refractivity contribution in [1.29, 1.82) is 0 Å². The average molecular weight is 411 g/mol. The number of para-hydroxylation sites is 1. The topological polar surface area (TPSA) is 15.6 Å². The summed E-state index contributed by atoms with van der Waals surface area (Å²) in [6.07, 6.45) is 0.901. The molecule has 0 spiro atoms. The number of anilines is 1. The maximum Gasteiger partial charge on any atom is 0.0831 e. The van der Waals surface area contributed by atoms with Crippen LogP contribution in [0.15, 0.2) is 84.0 Å². The van der Waals surface area contributed by atoms with Gasteiger partial charge < -0.3 is 0 Å². The lowest BCUT2D eigenvalue weighted by atomic mass is 9.85. The fraction of sp³-hybridized carbons (Fsp3) is 0.345. The van der Waals surface area contributed by atoms with E-state index in [1.807, 2.05) is 0 Å². The first-order chi connectivity index (χ1) is 14.6. The molecule has 2 heteroatoms. The molecule has 31 heavy (non-hydrogen) atoms. The molecule has 2 nitrogen and oxygen atoms in total. The van der Waals surface area contributed by atoms with E-state index in [4.69, 9.17) is 5.10 Å². The highest BCUT2D eigenvalue weighted by Crippen LogP contribution is 2.37. The molecule has 0 N–H and O–H groups in total. The molecule has 0 radical (unpaired) electrons. The van der Waals surface area contributed by atoms with Crippen molar-refractivity contribution in [2.45, 2.75) is 64.8 Å². The van der Waals surface area contributed by atoms with E-state index >= 15 is 0 Å². The second-order valence-corrected chi connectivity index (χ2v) is 10.6. The number of hydrazone groups is 1. The highest BCUT2D eigenvalue weighted by Gasteiger charge is 2.30. The molecule has 1 heterocycles. The molecular weight excluding hydrogens is 376 g/mol. The van der Waals surface area contributed by atoms with Gasteiger partial charge in [0.15, 0.2) is 0 Å². The number of nitrogens with zero attached hydrogens (tertiary/aromatic N) is 2. The van der Waals surface area contributed by atoms with Crippen LogP contribution in [0.4, 0.5) is 5.69 Å². The van der Waals surface area contributed by atoms with Crippen LogP contribution in [0, 0.1) is 0 Å². The minimum Gasteiger partial charge on any atom is -0.257 e. The van der Waals surface area contributed by atoms with E-state index in [0.29, 0.717) is 0 Å². The van der Waals surface area contributed by atoms with Crippen LogP contribution < -0.4 is 5.01 Å². The van der Waals surface area contributed by atoms with Gasteiger partial charge >= 0.3 is 0 Å². The predicted octanol–water partition coefficient (Wildman–Crippen LogP) is 7.64. The Labute approximate surface area is 187 Å². The van der Waals surface area contributed by atoms with Gasteiger partial charge in [-0.05, 0) is 45.2 Å². The number of hydrogen-bond donors (Lipinski definition) is 0. The third kappa shape index (κ3) is 4.58. The summed E-state index contributed by atoms with van der Waals surface area (Å²) in [7, 11) is 0. The largest absolute Gasteiger partial charge is 0.257 e. The lowest BCUT2D eigenvalue weighted by molar-refractivity contribution is 0.589. The third-order valence-electron chi connectivity index (χ3n) is 6.18. The van der Waals surface area contributed by atoms with Gasteiger partial charge in [0.25, 0.3) is 0 Å². The quantitative estimate of drug-likeness (QED) is 0.433. The van der Waals surface area contributed by atoms with E-state index in [1.165, 1.54) is 22.3 Å². The smallest absolute Gasteiger partial charge is 0.0831 e. The maximum atomic E-state index is 5.10. The van der Waals surface area contributed by atoms with Gasteiger partial charge in [0.1, 0.15) is 0 Å². The Kier molecular flexibility index (Phi) is 5.51. The standard InChI is InChI=1S/C29H34N2/c1-28(2,3)23-16-12-21(13-17-23)26-20-27(31(30-26)25-10-8-7-9-11-25)22-14-18-24(19-15-22)29(4,5)6/h7-19,27H,20H2,1-6H3. The zero-order valence-electron chi connectivity index (χ0n) is 19.7. The van der Waals surface area contributed by atoms with Crippen LogP contribution in [0.25, 0.3) is 0 Å². The second-order valence-electron chi connectivity index (χ2n) is 10.6. The van der Waals surface area contributed by atoms with Crippen LogP contribution in [0.5, 0.6) is 0 Å². The van der Waals surface area contributed by atoms with E-state index in [2.05, 4.69) is 125 Å². The van der Waals surface area contributed by atoms with Crippen molar-refractivity contribution in [1.82, 2.24) is 0 Å². The van der Waals surface area contributed by atoms with Crippen LogP contribution in [0.3, 0.4) is 0 Å². The van der Waals surface area contributed by atoms with Crippen molar-refractivity contribution in [3.8, 4) is 0 Å². The summed E-state index contributed by atoms with van der Waals surface area (Å²) in [5, 5.41) is 7.29. The van der Waals surface area contributed by atoms with Gasteiger partial charge in [-0.1, -0.05) is 108 Å². The molecule has 1 aliphatic heterocycles. The summed E-state index contributed by atoms with van der Waals surface area (Å²) < 4.78 is 0. The number of benzene rings is 3. The Morgan fingerprint density at radius 2 is 1.19 bits per heavy atom. The Morgan fingerprint density at radius 1 is 0.677 bits per heavy atom. The molecule has 0 amide bonds. The summed E-state index contributed by atoms with van der Waals surface area (Å²) in [6.45, 7) is 13.5. The van der Waals surface area contributed by atoms with Crippen molar-refractivity contribution in [2.75, 3.05) is 5.01 Å². The summed E-state index contributed by atoms with van der Waals surface area (Å²) in [4.78, 5) is 0. The first-order valence-electron chi connectivity index (χ1n) is 11.3. The monoisotopic (exact) mass is 410 g/mol. The van der Waals surface area contributed by atoms with Gasteiger partial charge in [0, 0.05) is 6.42 Å². The van der Waals surface area contributed by atoms with Crippen molar-refractivity contribution in [2.24, 2.45) is 5.10 Å². The van der Waals surface area contributed by atoms with Crippen LogP contribution in [0.1, 0.15) is 76.3 Å². The van der Waals surface area contributed by atoms with Crippen molar-refractivity contribution in [3.63, 3.8) is 0 Å². The molecular formula is C29H34N2. The Balaban J connectivity index is 1.68.